The Kier molecular flexibility index (Phi) is 15.9. The standard InChI is InChI=1S/2C5H8O2.C4H4O4/c2*1-3-4(2)5(6)7;5-3(6)1-2-4(7)8/h2*2-3H2,1H3,(H,6,7);1-2H,(H,5,6)(H,7,8)/b;;2-1-. The van der Waals surface area contributed by atoms with E-state index in [-0.39, 0.29) is 11.1 Å². The Hall–Kier alpha value is -2.90. The molecule has 0 radical (unpaired) electrons. The van der Waals surface area contributed by atoms with Gasteiger partial charge < -0.3 is 20.4 Å². The molecular formula is C14H20O8. The van der Waals surface area contributed by atoms with E-state index in [1.54, 1.807) is 13.8 Å². The summed E-state index contributed by atoms with van der Waals surface area (Å²) < 4.78 is 0. The van der Waals surface area contributed by atoms with Gasteiger partial charge in [-0.05, 0) is 12.8 Å². The topological polar surface area (TPSA) is 149 Å². The molecule has 0 unspecified atom stereocenters. The molecule has 0 aromatic heterocycles. The molecule has 0 rings (SSSR count). The Labute approximate surface area is 127 Å². The molecule has 0 amide bonds. The summed E-state index contributed by atoms with van der Waals surface area (Å²) in [6.45, 7) is 10.1. The molecule has 124 valence electrons. The van der Waals surface area contributed by atoms with E-state index in [1.807, 2.05) is 0 Å². The predicted octanol–water partition coefficient (Wildman–Crippen LogP) is 1.79. The predicted molar refractivity (Wildman–Crippen MR) is 78.5 cm³/mol. The Morgan fingerprint density at radius 1 is 0.727 bits per heavy atom. The summed E-state index contributed by atoms with van der Waals surface area (Å²) in [5.74, 6) is -4.32. The highest BCUT2D eigenvalue weighted by Gasteiger charge is 1.97. The van der Waals surface area contributed by atoms with Crippen molar-refractivity contribution >= 4 is 23.9 Å². The number of carbonyl (C=O) groups is 4. The first-order chi connectivity index (χ1) is 9.99. The fourth-order valence-electron chi connectivity index (χ4n) is 0.445. The molecule has 8 nitrogen and oxygen atoms in total. The van der Waals surface area contributed by atoms with Gasteiger partial charge in [0.15, 0.2) is 0 Å². The third-order valence-electron chi connectivity index (χ3n) is 1.83. The van der Waals surface area contributed by atoms with Crippen molar-refractivity contribution in [3.63, 3.8) is 0 Å². The van der Waals surface area contributed by atoms with Gasteiger partial charge in [-0.2, -0.15) is 0 Å². The maximum atomic E-state index is 9.83. The number of rotatable bonds is 6. The Morgan fingerprint density at radius 2 is 0.955 bits per heavy atom. The van der Waals surface area contributed by atoms with Gasteiger partial charge in [0.2, 0.25) is 0 Å². The molecule has 0 aliphatic heterocycles. The zero-order chi connectivity index (χ0) is 18.3. The molecule has 0 heterocycles. The fraction of sp³-hybridized carbons (Fsp3) is 0.286. The molecule has 0 aliphatic carbocycles. The lowest BCUT2D eigenvalue weighted by atomic mass is 10.2. The van der Waals surface area contributed by atoms with Gasteiger partial charge >= 0.3 is 23.9 Å². The van der Waals surface area contributed by atoms with E-state index >= 15 is 0 Å². The Bertz CT molecular complexity index is 417. The normalized spacial score (nSPS) is 8.64. The average molecular weight is 316 g/mol. The van der Waals surface area contributed by atoms with Crippen molar-refractivity contribution in [1.82, 2.24) is 0 Å². The molecule has 0 aromatic rings. The van der Waals surface area contributed by atoms with Crippen LogP contribution < -0.4 is 0 Å². The van der Waals surface area contributed by atoms with E-state index in [1.165, 1.54) is 0 Å². The van der Waals surface area contributed by atoms with E-state index in [0.717, 1.165) is 0 Å². The molecule has 0 bridgehead atoms. The van der Waals surface area contributed by atoms with Gasteiger partial charge in [-0.3, -0.25) is 0 Å². The lowest BCUT2D eigenvalue weighted by molar-refractivity contribution is -0.134. The molecular weight excluding hydrogens is 296 g/mol. The minimum atomic E-state index is -1.26. The molecule has 8 heteroatoms. The minimum Gasteiger partial charge on any atom is -0.478 e. The maximum Gasteiger partial charge on any atom is 0.330 e. The molecule has 0 saturated carbocycles. The van der Waals surface area contributed by atoms with Crippen LogP contribution in [0.1, 0.15) is 26.7 Å². The molecule has 0 fully saturated rings. The van der Waals surface area contributed by atoms with E-state index in [0.29, 0.717) is 25.0 Å². The number of carboxylic acids is 4. The van der Waals surface area contributed by atoms with Gasteiger partial charge in [0, 0.05) is 23.3 Å². The first kappa shape index (κ1) is 24.1. The van der Waals surface area contributed by atoms with Gasteiger partial charge in [0.05, 0.1) is 0 Å². The second kappa shape index (κ2) is 14.5. The van der Waals surface area contributed by atoms with Crippen molar-refractivity contribution in [2.24, 2.45) is 0 Å². The van der Waals surface area contributed by atoms with E-state index in [2.05, 4.69) is 13.2 Å². The van der Waals surface area contributed by atoms with Crippen molar-refractivity contribution in [2.45, 2.75) is 26.7 Å². The second-order valence-electron chi connectivity index (χ2n) is 3.53. The van der Waals surface area contributed by atoms with Gasteiger partial charge in [0.25, 0.3) is 0 Å². The molecule has 0 atom stereocenters. The van der Waals surface area contributed by atoms with Gasteiger partial charge in [-0.25, -0.2) is 19.2 Å². The van der Waals surface area contributed by atoms with Crippen LogP contribution in [-0.2, 0) is 19.2 Å². The van der Waals surface area contributed by atoms with E-state index < -0.39 is 23.9 Å². The van der Waals surface area contributed by atoms with E-state index in [9.17, 15) is 19.2 Å². The molecule has 0 aliphatic rings. The fourth-order valence-corrected chi connectivity index (χ4v) is 0.445. The minimum absolute atomic E-state index is 0.264. The van der Waals surface area contributed by atoms with Crippen LogP contribution in [0.2, 0.25) is 0 Å². The number of hydrogen-bond donors (Lipinski definition) is 4. The Morgan fingerprint density at radius 3 is 1.00 bits per heavy atom. The lowest BCUT2D eigenvalue weighted by Crippen LogP contribution is -1.95. The van der Waals surface area contributed by atoms with Crippen molar-refractivity contribution in [1.29, 1.82) is 0 Å². The molecule has 0 saturated heterocycles. The van der Waals surface area contributed by atoms with Crippen LogP contribution in [0.3, 0.4) is 0 Å². The highest BCUT2D eigenvalue weighted by molar-refractivity contribution is 5.89. The highest BCUT2D eigenvalue weighted by atomic mass is 16.4. The van der Waals surface area contributed by atoms with Crippen LogP contribution in [0.5, 0.6) is 0 Å². The SMILES string of the molecule is C=C(CC)C(=O)O.C=C(CC)C(=O)O.O=C(O)/C=C\C(=O)O. The smallest absolute Gasteiger partial charge is 0.330 e. The number of carboxylic acid groups (broad SMARTS) is 4. The van der Waals surface area contributed by atoms with Crippen molar-refractivity contribution in [2.75, 3.05) is 0 Å². The van der Waals surface area contributed by atoms with Crippen molar-refractivity contribution < 1.29 is 39.6 Å². The quantitative estimate of drug-likeness (QED) is 0.542. The maximum absolute atomic E-state index is 9.83. The summed E-state index contributed by atoms with van der Waals surface area (Å²) in [5, 5.41) is 31.8. The molecule has 0 aromatic carbocycles. The summed E-state index contributed by atoms with van der Waals surface area (Å²) in [7, 11) is 0. The summed E-state index contributed by atoms with van der Waals surface area (Å²) in [6, 6.07) is 0. The first-order valence-corrected chi connectivity index (χ1v) is 5.95. The Balaban J connectivity index is -0.000000247. The highest BCUT2D eigenvalue weighted by Crippen LogP contribution is 1.93. The third-order valence-corrected chi connectivity index (χ3v) is 1.83. The van der Waals surface area contributed by atoms with Crippen LogP contribution in [0.4, 0.5) is 0 Å². The third kappa shape index (κ3) is 22.3. The van der Waals surface area contributed by atoms with Crippen LogP contribution in [0.25, 0.3) is 0 Å². The van der Waals surface area contributed by atoms with Crippen LogP contribution >= 0.6 is 0 Å². The summed E-state index contributed by atoms with van der Waals surface area (Å²) in [5.41, 5.74) is 0.528. The first-order valence-electron chi connectivity index (χ1n) is 5.95. The van der Waals surface area contributed by atoms with Crippen LogP contribution in [0, 0.1) is 0 Å². The van der Waals surface area contributed by atoms with Gasteiger partial charge in [-0.15, -0.1) is 0 Å². The largest absolute Gasteiger partial charge is 0.478 e. The van der Waals surface area contributed by atoms with Gasteiger partial charge in [0.1, 0.15) is 0 Å². The molecule has 22 heavy (non-hydrogen) atoms. The summed E-state index contributed by atoms with van der Waals surface area (Å²) in [4.78, 5) is 38.8. The monoisotopic (exact) mass is 316 g/mol. The zero-order valence-corrected chi connectivity index (χ0v) is 12.4. The molecule has 0 spiro atoms. The van der Waals surface area contributed by atoms with Gasteiger partial charge in [-0.1, -0.05) is 27.0 Å². The van der Waals surface area contributed by atoms with Crippen LogP contribution in [0.15, 0.2) is 36.5 Å². The zero-order valence-electron chi connectivity index (χ0n) is 12.4. The van der Waals surface area contributed by atoms with Crippen molar-refractivity contribution in [3.8, 4) is 0 Å². The average Bonchev–Trinajstić information content (AvgIpc) is 2.44. The number of hydrogen-bond acceptors (Lipinski definition) is 4. The van der Waals surface area contributed by atoms with Crippen LogP contribution in [-0.4, -0.2) is 44.3 Å². The van der Waals surface area contributed by atoms with Crippen molar-refractivity contribution in [3.05, 3.63) is 36.5 Å². The summed E-state index contributed by atoms with van der Waals surface area (Å²) >= 11 is 0. The second-order valence-corrected chi connectivity index (χ2v) is 3.53. The number of aliphatic carboxylic acids is 4. The van der Waals surface area contributed by atoms with E-state index in [4.69, 9.17) is 20.4 Å². The molecule has 4 N–H and O–H groups in total. The summed E-state index contributed by atoms with van der Waals surface area (Å²) in [6.07, 6.45) is 2.16. The lowest BCUT2D eigenvalue weighted by Gasteiger charge is -1.87.